The van der Waals surface area contributed by atoms with Gasteiger partial charge < -0.3 is 9.47 Å². The lowest BCUT2D eigenvalue weighted by Gasteiger charge is -2.21. The van der Waals surface area contributed by atoms with Crippen LogP contribution in [0.2, 0.25) is 0 Å². The standard InChI is InChI=1S/C23H25N3OS/c1-18-4-2-3-5-21(18)22-10-12-26(14-15-28-22)23(27)20-8-6-19(7-9-20)16-25-13-11-24-17-25/h2-9,11,13,17,22H,10,12,14-16H2,1H3. The number of hydrogen-bond acceptors (Lipinski definition) is 3. The Balaban J connectivity index is 1.40. The van der Waals surface area contributed by atoms with Gasteiger partial charge in [-0.25, -0.2) is 4.98 Å². The number of nitrogens with zero attached hydrogens (tertiary/aromatic N) is 3. The van der Waals surface area contributed by atoms with Crippen LogP contribution in [0.3, 0.4) is 0 Å². The molecule has 1 amide bonds. The van der Waals surface area contributed by atoms with Crippen LogP contribution in [0.5, 0.6) is 0 Å². The van der Waals surface area contributed by atoms with Crippen LogP contribution in [0, 0.1) is 6.92 Å². The molecule has 3 aromatic rings. The van der Waals surface area contributed by atoms with Crippen molar-refractivity contribution < 1.29 is 4.79 Å². The Bertz CT molecular complexity index is 921. The topological polar surface area (TPSA) is 38.1 Å². The molecule has 1 fully saturated rings. The third-order valence-electron chi connectivity index (χ3n) is 5.29. The Morgan fingerprint density at radius 3 is 2.71 bits per heavy atom. The molecule has 2 aromatic carbocycles. The van der Waals surface area contributed by atoms with E-state index in [-0.39, 0.29) is 5.91 Å². The lowest BCUT2D eigenvalue weighted by atomic mass is 10.0. The van der Waals surface area contributed by atoms with Crippen molar-refractivity contribution in [3.63, 3.8) is 0 Å². The number of benzene rings is 2. The van der Waals surface area contributed by atoms with Crippen LogP contribution in [0.15, 0.2) is 67.3 Å². The van der Waals surface area contributed by atoms with Crippen molar-refractivity contribution in [2.24, 2.45) is 0 Å². The van der Waals surface area contributed by atoms with Gasteiger partial charge in [-0.2, -0.15) is 11.8 Å². The first-order chi connectivity index (χ1) is 13.7. The van der Waals surface area contributed by atoms with Crippen molar-refractivity contribution in [1.29, 1.82) is 0 Å². The predicted octanol–water partition coefficient (Wildman–Crippen LogP) is 4.56. The maximum atomic E-state index is 13.0. The van der Waals surface area contributed by atoms with E-state index in [0.717, 1.165) is 37.4 Å². The molecule has 144 valence electrons. The Kier molecular flexibility index (Phi) is 5.81. The van der Waals surface area contributed by atoms with Gasteiger partial charge in [0.1, 0.15) is 0 Å². The molecule has 1 saturated heterocycles. The molecule has 1 atom stereocenters. The Morgan fingerprint density at radius 1 is 1.14 bits per heavy atom. The highest BCUT2D eigenvalue weighted by Crippen LogP contribution is 2.36. The molecule has 2 heterocycles. The van der Waals surface area contributed by atoms with Gasteiger partial charge in [0.05, 0.1) is 6.33 Å². The fourth-order valence-electron chi connectivity index (χ4n) is 3.70. The summed E-state index contributed by atoms with van der Waals surface area (Å²) in [6.07, 6.45) is 6.52. The molecular weight excluding hydrogens is 366 g/mol. The average Bonchev–Trinajstić information content (AvgIpc) is 3.10. The van der Waals surface area contributed by atoms with Crippen molar-refractivity contribution >= 4 is 17.7 Å². The first kappa shape index (κ1) is 18.8. The van der Waals surface area contributed by atoms with Crippen LogP contribution in [0.25, 0.3) is 0 Å². The molecule has 28 heavy (non-hydrogen) atoms. The second kappa shape index (κ2) is 8.65. The molecule has 5 heteroatoms. The van der Waals surface area contributed by atoms with Gasteiger partial charge in [-0.05, 0) is 42.2 Å². The SMILES string of the molecule is Cc1ccccc1C1CCN(C(=O)c2ccc(Cn3ccnc3)cc2)CCS1. The van der Waals surface area contributed by atoms with Crippen molar-refractivity contribution in [3.8, 4) is 0 Å². The minimum absolute atomic E-state index is 0.139. The molecule has 0 N–H and O–H groups in total. The highest BCUT2D eigenvalue weighted by Gasteiger charge is 2.23. The fourth-order valence-corrected chi connectivity index (χ4v) is 5.02. The highest BCUT2D eigenvalue weighted by atomic mass is 32.2. The molecule has 1 aliphatic rings. The molecule has 1 unspecified atom stereocenters. The third kappa shape index (κ3) is 4.30. The van der Waals surface area contributed by atoms with E-state index in [4.69, 9.17) is 0 Å². The zero-order chi connectivity index (χ0) is 19.3. The van der Waals surface area contributed by atoms with Gasteiger partial charge in [0.2, 0.25) is 0 Å². The van der Waals surface area contributed by atoms with E-state index in [1.165, 1.54) is 16.7 Å². The van der Waals surface area contributed by atoms with Crippen molar-refractivity contribution in [2.45, 2.75) is 25.1 Å². The second-order valence-electron chi connectivity index (χ2n) is 7.23. The highest BCUT2D eigenvalue weighted by molar-refractivity contribution is 7.99. The van der Waals surface area contributed by atoms with Crippen molar-refractivity contribution in [2.75, 3.05) is 18.8 Å². The summed E-state index contributed by atoms with van der Waals surface area (Å²) < 4.78 is 2.02. The Labute approximate surface area is 170 Å². The molecular formula is C23H25N3OS. The minimum atomic E-state index is 0.139. The van der Waals surface area contributed by atoms with E-state index < -0.39 is 0 Å². The van der Waals surface area contributed by atoms with Gasteiger partial charge in [-0.1, -0.05) is 36.4 Å². The summed E-state index contributed by atoms with van der Waals surface area (Å²) in [6.45, 7) is 4.56. The summed E-state index contributed by atoms with van der Waals surface area (Å²) >= 11 is 1.97. The van der Waals surface area contributed by atoms with Crippen LogP contribution in [0.4, 0.5) is 0 Å². The van der Waals surface area contributed by atoms with E-state index in [1.54, 1.807) is 12.5 Å². The second-order valence-corrected chi connectivity index (χ2v) is 8.54. The zero-order valence-corrected chi connectivity index (χ0v) is 16.9. The number of rotatable bonds is 4. The molecule has 0 radical (unpaired) electrons. The number of carbonyl (C=O) groups is 1. The van der Waals surface area contributed by atoms with Gasteiger partial charge in [0, 0.05) is 48.6 Å². The number of thioether (sulfide) groups is 1. The summed E-state index contributed by atoms with van der Waals surface area (Å²) in [5, 5.41) is 0.469. The molecule has 0 aliphatic carbocycles. The Morgan fingerprint density at radius 2 is 1.96 bits per heavy atom. The zero-order valence-electron chi connectivity index (χ0n) is 16.1. The number of amides is 1. The van der Waals surface area contributed by atoms with Gasteiger partial charge in [0.15, 0.2) is 0 Å². The molecule has 0 bridgehead atoms. The first-order valence-corrected chi connectivity index (χ1v) is 10.8. The van der Waals surface area contributed by atoms with Crippen LogP contribution in [-0.2, 0) is 6.54 Å². The summed E-state index contributed by atoms with van der Waals surface area (Å²) in [5.41, 5.74) is 4.69. The van der Waals surface area contributed by atoms with E-state index >= 15 is 0 Å². The first-order valence-electron chi connectivity index (χ1n) is 9.72. The molecule has 0 spiro atoms. The molecule has 4 nitrogen and oxygen atoms in total. The minimum Gasteiger partial charge on any atom is -0.338 e. The van der Waals surface area contributed by atoms with Crippen LogP contribution >= 0.6 is 11.8 Å². The lowest BCUT2D eigenvalue weighted by molar-refractivity contribution is 0.0766. The lowest BCUT2D eigenvalue weighted by Crippen LogP contribution is -2.32. The summed E-state index contributed by atoms with van der Waals surface area (Å²) in [6, 6.07) is 16.6. The number of carbonyl (C=O) groups excluding carboxylic acids is 1. The summed E-state index contributed by atoms with van der Waals surface area (Å²) in [5.74, 6) is 1.11. The van der Waals surface area contributed by atoms with E-state index in [0.29, 0.717) is 5.25 Å². The van der Waals surface area contributed by atoms with E-state index in [1.807, 2.05) is 51.7 Å². The summed E-state index contributed by atoms with van der Waals surface area (Å²) in [7, 11) is 0. The largest absolute Gasteiger partial charge is 0.338 e. The molecule has 1 aromatic heterocycles. The van der Waals surface area contributed by atoms with Crippen LogP contribution in [0.1, 0.15) is 38.7 Å². The number of aryl methyl sites for hydroxylation is 1. The maximum Gasteiger partial charge on any atom is 0.253 e. The van der Waals surface area contributed by atoms with E-state index in [2.05, 4.69) is 36.2 Å². The predicted molar refractivity (Wildman–Crippen MR) is 115 cm³/mol. The molecule has 0 saturated carbocycles. The number of hydrogen-bond donors (Lipinski definition) is 0. The smallest absolute Gasteiger partial charge is 0.253 e. The monoisotopic (exact) mass is 391 g/mol. The molecule has 4 rings (SSSR count). The van der Waals surface area contributed by atoms with Crippen LogP contribution in [-0.4, -0.2) is 39.2 Å². The quantitative estimate of drug-likeness (QED) is 0.654. The van der Waals surface area contributed by atoms with Crippen molar-refractivity contribution in [1.82, 2.24) is 14.5 Å². The average molecular weight is 392 g/mol. The summed E-state index contributed by atoms with van der Waals surface area (Å²) in [4.78, 5) is 19.1. The third-order valence-corrected chi connectivity index (χ3v) is 6.60. The van der Waals surface area contributed by atoms with Gasteiger partial charge in [-0.15, -0.1) is 0 Å². The number of aromatic nitrogens is 2. The molecule has 1 aliphatic heterocycles. The van der Waals surface area contributed by atoms with Gasteiger partial charge in [0.25, 0.3) is 5.91 Å². The normalized spacial score (nSPS) is 17.3. The van der Waals surface area contributed by atoms with Crippen molar-refractivity contribution in [3.05, 3.63) is 89.5 Å². The van der Waals surface area contributed by atoms with Crippen LogP contribution < -0.4 is 0 Å². The number of imidazole rings is 1. The van der Waals surface area contributed by atoms with Gasteiger partial charge in [-0.3, -0.25) is 4.79 Å². The maximum absolute atomic E-state index is 13.0. The fraction of sp³-hybridized carbons (Fsp3) is 0.304. The van der Waals surface area contributed by atoms with Gasteiger partial charge >= 0.3 is 0 Å². The Hall–Kier alpha value is -2.53. The van der Waals surface area contributed by atoms with E-state index in [9.17, 15) is 4.79 Å².